The van der Waals surface area contributed by atoms with Crippen LogP contribution in [0.5, 0.6) is 0 Å². The zero-order valence-corrected chi connectivity index (χ0v) is 22.9. The SMILES string of the molecule is C=C.CC(=O)Nc1ccc(NC(=O)Nc2ccc(-c3nc(N)c4ccc(-c5cnc(C)nc5)cc4n3)c(F)c2)cc1.O.[HH].[HH].[HH]. The molecular formula is C30H35FN8O3. The molecule has 3 amide bonds. The van der Waals surface area contributed by atoms with E-state index in [2.05, 4.69) is 49.0 Å². The molecule has 0 unspecified atom stereocenters. The number of amides is 3. The van der Waals surface area contributed by atoms with Crippen LogP contribution in [-0.2, 0) is 4.79 Å². The third kappa shape index (κ3) is 7.25. The maximum absolute atomic E-state index is 15.1. The number of urea groups is 1. The molecule has 5 aromatic rings. The lowest BCUT2D eigenvalue weighted by molar-refractivity contribution is -0.114. The number of rotatable bonds is 5. The van der Waals surface area contributed by atoms with Crippen LogP contribution in [0.25, 0.3) is 33.4 Å². The van der Waals surface area contributed by atoms with Gasteiger partial charge in [0, 0.05) is 51.6 Å². The monoisotopic (exact) mass is 574 g/mol. The van der Waals surface area contributed by atoms with Crippen molar-refractivity contribution in [1.82, 2.24) is 19.9 Å². The van der Waals surface area contributed by atoms with E-state index in [0.717, 1.165) is 11.1 Å². The number of anilines is 4. The number of halogens is 1. The molecule has 12 heteroatoms. The van der Waals surface area contributed by atoms with Gasteiger partial charge in [0.15, 0.2) is 5.82 Å². The van der Waals surface area contributed by atoms with Gasteiger partial charge in [0.25, 0.3) is 0 Å². The van der Waals surface area contributed by atoms with Crippen molar-refractivity contribution in [3.05, 3.63) is 97.9 Å². The quantitative estimate of drug-likeness (QED) is 0.183. The van der Waals surface area contributed by atoms with Crippen molar-refractivity contribution in [2.75, 3.05) is 21.7 Å². The van der Waals surface area contributed by atoms with Gasteiger partial charge in [-0.2, -0.15) is 0 Å². The largest absolute Gasteiger partial charge is 0.412 e. The van der Waals surface area contributed by atoms with E-state index in [4.69, 9.17) is 5.73 Å². The summed E-state index contributed by atoms with van der Waals surface area (Å²) in [6.07, 6.45) is 3.44. The van der Waals surface area contributed by atoms with Crippen LogP contribution < -0.4 is 21.7 Å². The first kappa shape index (κ1) is 30.8. The molecule has 0 saturated heterocycles. The summed E-state index contributed by atoms with van der Waals surface area (Å²) in [5, 5.41) is 8.52. The summed E-state index contributed by atoms with van der Waals surface area (Å²) in [6.45, 7) is 9.21. The Bertz CT molecular complexity index is 1740. The number of carbonyl (C=O) groups excluding carboxylic acids is 2. The number of aromatic nitrogens is 4. The minimum absolute atomic E-state index is 0. The Balaban J connectivity index is 0.00000316. The number of benzene rings is 3. The first-order chi connectivity index (χ1) is 19.7. The van der Waals surface area contributed by atoms with Crippen molar-refractivity contribution in [1.29, 1.82) is 0 Å². The summed E-state index contributed by atoms with van der Waals surface area (Å²) in [7, 11) is 0. The van der Waals surface area contributed by atoms with Crippen LogP contribution in [0.2, 0.25) is 0 Å². The van der Waals surface area contributed by atoms with Crippen LogP contribution in [0.15, 0.2) is 86.2 Å². The van der Waals surface area contributed by atoms with E-state index in [0.29, 0.717) is 28.1 Å². The highest BCUT2D eigenvalue weighted by Gasteiger charge is 2.14. The average Bonchev–Trinajstić information content (AvgIpc) is 2.95. The zero-order chi connectivity index (χ0) is 29.5. The van der Waals surface area contributed by atoms with Gasteiger partial charge in [-0.1, -0.05) is 6.07 Å². The molecule has 42 heavy (non-hydrogen) atoms. The van der Waals surface area contributed by atoms with Crippen LogP contribution in [0.3, 0.4) is 0 Å². The Morgan fingerprint density at radius 3 is 2.05 bits per heavy atom. The number of hydrogen-bond donors (Lipinski definition) is 4. The molecule has 3 aromatic carbocycles. The summed E-state index contributed by atoms with van der Waals surface area (Å²) in [5.41, 5.74) is 9.82. The molecule has 2 aromatic heterocycles. The number of carbonyl (C=O) groups is 2. The predicted octanol–water partition coefficient (Wildman–Crippen LogP) is 6.10. The van der Waals surface area contributed by atoms with Gasteiger partial charge in [-0.25, -0.2) is 29.1 Å². The molecule has 0 fully saturated rings. The van der Waals surface area contributed by atoms with Gasteiger partial charge < -0.3 is 27.2 Å². The van der Waals surface area contributed by atoms with Crippen molar-refractivity contribution in [2.45, 2.75) is 13.8 Å². The Hall–Kier alpha value is -5.75. The lowest BCUT2D eigenvalue weighted by atomic mass is 10.1. The van der Waals surface area contributed by atoms with Gasteiger partial charge in [-0.05, 0) is 67.1 Å². The first-order valence-corrected chi connectivity index (χ1v) is 12.4. The molecule has 0 aliphatic rings. The second-order valence-corrected chi connectivity index (χ2v) is 8.72. The van der Waals surface area contributed by atoms with Crippen molar-refractivity contribution < 1.29 is 23.7 Å². The topological polar surface area (TPSA) is 179 Å². The number of nitrogens with zero attached hydrogens (tertiary/aromatic N) is 4. The highest BCUT2D eigenvalue weighted by Crippen LogP contribution is 2.29. The lowest BCUT2D eigenvalue weighted by Crippen LogP contribution is -2.19. The fourth-order valence-electron chi connectivity index (χ4n) is 3.90. The molecule has 0 aliphatic heterocycles. The standard InChI is InChI=1S/C28H23FN8O2.C2H4.H2O.3H2/c1-15-31-13-18(14-32-15)17-3-9-23-25(11-17)36-27(37-26(23)30)22-10-8-21(12-24(22)29)35-28(39)34-20-6-4-19(5-7-20)33-16(2)38;1-2;;;;/h3-14H,1-2H3,(H,33,38)(H2,30,36,37)(H2,34,35,39);1-2H2;1H2;3*1H. The van der Waals surface area contributed by atoms with E-state index < -0.39 is 11.8 Å². The molecule has 0 radical (unpaired) electrons. The molecule has 2 heterocycles. The number of fused-ring (bicyclic) bond motifs is 1. The molecule has 220 valence electrons. The van der Waals surface area contributed by atoms with Crippen molar-refractivity contribution in [2.24, 2.45) is 0 Å². The fourth-order valence-corrected chi connectivity index (χ4v) is 3.90. The summed E-state index contributed by atoms with van der Waals surface area (Å²) in [6, 6.07) is 15.7. The van der Waals surface area contributed by atoms with Gasteiger partial charge in [0.05, 0.1) is 11.1 Å². The molecular weight excluding hydrogens is 539 g/mol. The maximum atomic E-state index is 15.1. The minimum atomic E-state index is -0.630. The fraction of sp³-hybridized carbons (Fsp3) is 0.0667. The van der Waals surface area contributed by atoms with Crippen molar-refractivity contribution in [3.8, 4) is 22.5 Å². The van der Waals surface area contributed by atoms with E-state index in [-0.39, 0.29) is 38.6 Å². The van der Waals surface area contributed by atoms with Gasteiger partial charge in [-0.15, -0.1) is 13.2 Å². The summed E-state index contributed by atoms with van der Waals surface area (Å²) in [4.78, 5) is 40.8. The predicted molar refractivity (Wildman–Crippen MR) is 170 cm³/mol. The third-order valence-corrected chi connectivity index (χ3v) is 5.77. The summed E-state index contributed by atoms with van der Waals surface area (Å²) < 4.78 is 15.1. The highest BCUT2D eigenvalue weighted by molar-refractivity contribution is 6.00. The van der Waals surface area contributed by atoms with E-state index in [9.17, 15) is 9.59 Å². The molecule has 5 rings (SSSR count). The Kier molecular flexibility index (Phi) is 9.93. The van der Waals surface area contributed by atoms with Crippen LogP contribution in [0, 0.1) is 12.7 Å². The number of hydrogen-bond acceptors (Lipinski definition) is 7. The zero-order valence-electron chi connectivity index (χ0n) is 22.9. The molecule has 0 saturated carbocycles. The minimum Gasteiger partial charge on any atom is -0.412 e. The number of nitrogen functional groups attached to an aromatic ring is 1. The summed E-state index contributed by atoms with van der Waals surface area (Å²) in [5.74, 6) is 0.168. The van der Waals surface area contributed by atoms with E-state index >= 15 is 4.39 Å². The van der Waals surface area contributed by atoms with Crippen molar-refractivity contribution in [3.63, 3.8) is 0 Å². The highest BCUT2D eigenvalue weighted by atomic mass is 19.1. The number of nitrogens with one attached hydrogen (secondary N) is 3. The third-order valence-electron chi connectivity index (χ3n) is 5.77. The van der Waals surface area contributed by atoms with Crippen molar-refractivity contribution >= 4 is 45.7 Å². The van der Waals surface area contributed by atoms with Gasteiger partial charge in [0.1, 0.15) is 17.5 Å². The first-order valence-electron chi connectivity index (χ1n) is 12.4. The number of aryl methyl sites for hydroxylation is 1. The summed E-state index contributed by atoms with van der Waals surface area (Å²) >= 11 is 0. The Morgan fingerprint density at radius 1 is 0.833 bits per heavy atom. The van der Waals surface area contributed by atoms with Gasteiger partial charge in [0.2, 0.25) is 5.91 Å². The van der Waals surface area contributed by atoms with Crippen LogP contribution in [0.4, 0.5) is 32.1 Å². The smallest absolute Gasteiger partial charge is 0.323 e. The van der Waals surface area contributed by atoms with E-state index in [1.807, 2.05) is 12.1 Å². The Labute approximate surface area is 245 Å². The normalized spacial score (nSPS) is 10.1. The van der Waals surface area contributed by atoms with Crippen LogP contribution >= 0.6 is 0 Å². The maximum Gasteiger partial charge on any atom is 0.323 e. The van der Waals surface area contributed by atoms with Crippen LogP contribution in [0.1, 0.15) is 17.0 Å². The van der Waals surface area contributed by atoms with E-state index in [1.165, 1.54) is 19.1 Å². The number of nitrogens with two attached hydrogens (primary N) is 1. The average molecular weight is 575 g/mol. The van der Waals surface area contributed by atoms with Crippen LogP contribution in [-0.4, -0.2) is 37.4 Å². The molecule has 0 atom stereocenters. The molecule has 7 N–H and O–H groups in total. The molecule has 0 aliphatic carbocycles. The lowest BCUT2D eigenvalue weighted by Gasteiger charge is -2.11. The second-order valence-electron chi connectivity index (χ2n) is 8.72. The van der Waals surface area contributed by atoms with Gasteiger partial charge in [-0.3, -0.25) is 4.79 Å². The van der Waals surface area contributed by atoms with E-state index in [1.54, 1.807) is 55.7 Å². The molecule has 11 nitrogen and oxygen atoms in total. The second kappa shape index (κ2) is 13.5. The molecule has 0 spiro atoms. The molecule has 0 bridgehead atoms. The Morgan fingerprint density at radius 2 is 1.43 bits per heavy atom. The van der Waals surface area contributed by atoms with Gasteiger partial charge >= 0.3 is 6.03 Å².